The van der Waals surface area contributed by atoms with Gasteiger partial charge >= 0.3 is 5.97 Å². The summed E-state index contributed by atoms with van der Waals surface area (Å²) in [5.74, 6) is -1.60. The van der Waals surface area contributed by atoms with E-state index in [2.05, 4.69) is 40.7 Å². The van der Waals surface area contributed by atoms with Gasteiger partial charge in [0, 0.05) is 0 Å². The Balaban J connectivity index is 1.12. The molecular weight excluding hydrogens is 884 g/mol. The van der Waals surface area contributed by atoms with E-state index in [1.165, 1.54) is 0 Å². The van der Waals surface area contributed by atoms with Crippen molar-refractivity contribution in [2.75, 3.05) is 13.2 Å². The van der Waals surface area contributed by atoms with Crippen molar-refractivity contribution in [2.24, 2.45) is 50.2 Å². The molecule has 0 amide bonds. The van der Waals surface area contributed by atoms with Gasteiger partial charge in [0.15, 0.2) is 18.9 Å². The zero-order chi connectivity index (χ0) is 49.0. The summed E-state index contributed by atoms with van der Waals surface area (Å²) in [6, 6.07) is 0. The largest absolute Gasteiger partial charge is 0.481 e. The number of carboxylic acids is 1. The predicted molar refractivity (Wildman–Crippen MR) is 226 cm³/mol. The molecule has 0 aromatic heterocycles. The molecule has 67 heavy (non-hydrogen) atoms. The number of rotatable bonds is 11. The minimum absolute atomic E-state index is 0.0000812. The number of allylic oxidation sites excluding steroid dienone is 2. The lowest BCUT2D eigenvalue weighted by Crippen LogP contribution is -2.69. The van der Waals surface area contributed by atoms with E-state index >= 15 is 0 Å². The minimum atomic E-state index is -1.97. The molecule has 3 aliphatic heterocycles. The Morgan fingerprint density at radius 3 is 2.07 bits per heavy atom. The van der Waals surface area contributed by atoms with Crippen LogP contribution in [0.2, 0.25) is 0 Å². The highest BCUT2D eigenvalue weighted by molar-refractivity contribution is 5.77. The van der Waals surface area contributed by atoms with Gasteiger partial charge < -0.3 is 89.0 Å². The third-order valence-electron chi connectivity index (χ3n) is 18.8. The average molecular weight is 957 g/mol. The van der Waals surface area contributed by atoms with Crippen LogP contribution in [0.5, 0.6) is 0 Å². The summed E-state index contributed by atoms with van der Waals surface area (Å²) in [7, 11) is 0. The van der Waals surface area contributed by atoms with E-state index in [9.17, 15) is 65.4 Å². The highest BCUT2D eigenvalue weighted by Crippen LogP contribution is 2.76. The monoisotopic (exact) mass is 956 g/mol. The second kappa shape index (κ2) is 18.1. The number of carboxylic acid groups (broad SMARTS) is 1. The van der Waals surface area contributed by atoms with Crippen LogP contribution < -0.4 is 0 Å². The van der Waals surface area contributed by atoms with Gasteiger partial charge in [-0.1, -0.05) is 53.2 Å². The predicted octanol–water partition coefficient (Wildman–Crippen LogP) is -0.367. The van der Waals surface area contributed by atoms with Crippen molar-refractivity contribution < 1.29 is 98.6 Å². The smallest absolute Gasteiger partial charge is 0.312 e. The summed E-state index contributed by atoms with van der Waals surface area (Å²) in [5.41, 5.74) is -2.96. The summed E-state index contributed by atoms with van der Waals surface area (Å²) in [5, 5.41) is 108. The fourth-order valence-electron chi connectivity index (χ4n) is 14.7. The molecule has 5 aliphatic carbocycles. The van der Waals surface area contributed by atoms with E-state index in [-0.39, 0.29) is 36.1 Å². The van der Waals surface area contributed by atoms with Crippen molar-refractivity contribution in [3.05, 3.63) is 11.6 Å². The third kappa shape index (κ3) is 7.87. The second-order valence-corrected chi connectivity index (χ2v) is 22.7. The van der Waals surface area contributed by atoms with Gasteiger partial charge in [0.2, 0.25) is 6.29 Å². The van der Waals surface area contributed by atoms with E-state index in [1.54, 1.807) is 6.92 Å². The van der Waals surface area contributed by atoms with Crippen LogP contribution in [0.25, 0.3) is 0 Å². The minimum Gasteiger partial charge on any atom is -0.481 e. The lowest BCUT2D eigenvalue weighted by atomic mass is 9.33. The molecule has 3 saturated heterocycles. The molecule has 0 bridgehead atoms. The Morgan fingerprint density at radius 1 is 0.731 bits per heavy atom. The molecule has 380 valence electrons. The molecule has 20 heteroatoms. The summed E-state index contributed by atoms with van der Waals surface area (Å²) in [6.45, 7) is 11.5. The normalized spacial score (nSPS) is 54.0. The molecule has 8 aliphatic rings. The first-order chi connectivity index (χ1) is 31.4. The summed E-state index contributed by atoms with van der Waals surface area (Å²) in [4.78, 5) is 38.9. The second-order valence-electron chi connectivity index (χ2n) is 22.7. The topological polar surface area (TPSA) is 318 Å². The van der Waals surface area contributed by atoms with Gasteiger partial charge in [-0.25, -0.2) is 0 Å². The van der Waals surface area contributed by atoms with E-state index in [0.717, 1.165) is 11.9 Å². The molecule has 10 unspecified atom stereocenters. The maximum atomic E-state index is 13.8. The first-order valence-electron chi connectivity index (χ1n) is 23.8. The molecule has 7 fully saturated rings. The van der Waals surface area contributed by atoms with Gasteiger partial charge in [0.05, 0.1) is 30.8 Å². The maximum absolute atomic E-state index is 13.8. The van der Waals surface area contributed by atoms with Crippen LogP contribution in [-0.2, 0) is 47.5 Å². The highest BCUT2D eigenvalue weighted by Gasteiger charge is 2.72. The van der Waals surface area contributed by atoms with Gasteiger partial charge in [-0.2, -0.15) is 0 Å². The number of aliphatic hydroxyl groups excluding tert-OH is 9. The van der Waals surface area contributed by atoms with Gasteiger partial charge in [-0.3, -0.25) is 9.59 Å². The number of carbonyl (C=O) groups excluding carboxylic acids is 2. The van der Waals surface area contributed by atoms with E-state index in [4.69, 9.17) is 33.2 Å². The number of ether oxygens (including phenoxy) is 7. The van der Waals surface area contributed by atoms with Crippen LogP contribution in [-0.4, -0.2) is 181 Å². The molecule has 0 radical (unpaired) electrons. The van der Waals surface area contributed by atoms with Crippen molar-refractivity contribution in [2.45, 2.75) is 198 Å². The summed E-state index contributed by atoms with van der Waals surface area (Å²) >= 11 is 0. The molecule has 4 saturated carbocycles. The van der Waals surface area contributed by atoms with Crippen molar-refractivity contribution >= 4 is 18.7 Å². The Labute approximate surface area is 389 Å². The zero-order valence-electron chi connectivity index (χ0n) is 39.0. The number of aliphatic carboxylic acids is 1. The Bertz CT molecular complexity index is 1880. The van der Waals surface area contributed by atoms with Crippen LogP contribution in [0, 0.1) is 50.2 Å². The number of aliphatic hydroxyl groups is 9. The van der Waals surface area contributed by atoms with Gasteiger partial charge in [-0.05, 0) is 97.2 Å². The van der Waals surface area contributed by atoms with Crippen LogP contribution in [0.4, 0.5) is 0 Å². The van der Waals surface area contributed by atoms with E-state index < -0.39 is 145 Å². The molecule has 20 nitrogen and oxygen atoms in total. The molecule has 24 atom stereocenters. The fraction of sp³-hybridized carbons (Fsp3) is 0.894. The van der Waals surface area contributed by atoms with Crippen molar-refractivity contribution in [3.63, 3.8) is 0 Å². The SMILES string of the molecule is CC1(C)CC[C@]2(C(=O)O)C(O)C[C@]3(C)C(=CCC4C5(C)CC[C@H](O[C@@H]6OC(OC=O)[C@@H](O)[C@H](O[C@@H]7OC[C@@H](O)[C@H](O)C7O)C6O[C@@H]6OC(CO)[C@H](O)[C@H](O)C6O)C(C)(C=O)[C@@H]5CC[C@]43C)C2C1. The van der Waals surface area contributed by atoms with Crippen molar-refractivity contribution in [3.8, 4) is 0 Å². The molecular formula is C47H72O20. The number of hydrogen-bond donors (Lipinski definition) is 10. The third-order valence-corrected chi connectivity index (χ3v) is 18.8. The van der Waals surface area contributed by atoms with Crippen molar-refractivity contribution in [1.82, 2.24) is 0 Å². The lowest BCUT2D eigenvalue weighted by Gasteiger charge is -2.71. The molecule has 8 rings (SSSR count). The van der Waals surface area contributed by atoms with Crippen LogP contribution >= 0.6 is 0 Å². The molecule has 0 spiro atoms. The van der Waals surface area contributed by atoms with Crippen LogP contribution in [0.1, 0.15) is 99.3 Å². The number of hydrogen-bond acceptors (Lipinski definition) is 19. The number of fused-ring (bicyclic) bond motifs is 7. The maximum Gasteiger partial charge on any atom is 0.312 e. The number of aldehydes is 1. The van der Waals surface area contributed by atoms with Gasteiger partial charge in [-0.15, -0.1) is 0 Å². The van der Waals surface area contributed by atoms with E-state index in [0.29, 0.717) is 51.4 Å². The van der Waals surface area contributed by atoms with Crippen molar-refractivity contribution in [1.29, 1.82) is 0 Å². The lowest BCUT2D eigenvalue weighted by molar-refractivity contribution is -0.410. The Kier molecular flexibility index (Phi) is 13.8. The van der Waals surface area contributed by atoms with E-state index in [1.807, 2.05) is 0 Å². The molecule has 10 N–H and O–H groups in total. The van der Waals surface area contributed by atoms with Gasteiger partial charge in [0.25, 0.3) is 6.47 Å². The standard InChI is InChI=1S/C47H72O20/c1-42(2)13-14-47(41(59)60)22(15-42)21-7-8-26-43(3)11-10-28(44(4,19-49)25(43)9-12-45(26,5)46(21,6)16-27(47)52)64-40-36(66-39-33(57)31(55)30(54)24(17-48)63-39)35(34(58)38(67-40)62-20-50)65-37-32(56)29(53)23(51)18-61-37/h7,19-20,22-40,48,51-58H,8-18H2,1-6H3,(H,59,60)/t22?,23-,24?,25-,26?,27?,28+,29+,30+,31+,32?,33?,34+,35+,36?,37+,38?,39+,40-,43?,44?,45-,46-,47-/m1/s1. The Hall–Kier alpha value is -2.25. The summed E-state index contributed by atoms with van der Waals surface area (Å²) in [6.07, 6.45) is -19.2. The zero-order valence-corrected chi connectivity index (χ0v) is 39.0. The number of carbonyl (C=O) groups is 3. The molecule has 0 aromatic carbocycles. The Morgan fingerprint density at radius 2 is 1.42 bits per heavy atom. The van der Waals surface area contributed by atoms with Crippen LogP contribution in [0.15, 0.2) is 11.6 Å². The quantitative estimate of drug-likeness (QED) is 0.0718. The summed E-state index contributed by atoms with van der Waals surface area (Å²) < 4.78 is 41.3. The average Bonchev–Trinajstić information content (AvgIpc) is 3.27. The first kappa shape index (κ1) is 51.1. The van der Waals surface area contributed by atoms with Crippen LogP contribution in [0.3, 0.4) is 0 Å². The highest BCUT2D eigenvalue weighted by atomic mass is 16.8. The molecule has 0 aromatic rings. The first-order valence-corrected chi connectivity index (χ1v) is 23.8. The fourth-order valence-corrected chi connectivity index (χ4v) is 14.7. The van der Waals surface area contributed by atoms with Gasteiger partial charge in [0.1, 0.15) is 72.7 Å². The molecule has 3 heterocycles.